The molecule has 112 valence electrons. The minimum Gasteiger partial charge on any atom is -0.372 e. The lowest BCUT2D eigenvalue weighted by atomic mass is 10.1. The van der Waals surface area contributed by atoms with Crippen LogP contribution in [-0.2, 0) is 0 Å². The number of nitrogens with two attached hydrogens (primary N) is 1. The molecule has 0 aliphatic carbocycles. The number of halogens is 3. The third kappa shape index (κ3) is 2.52. The van der Waals surface area contributed by atoms with Crippen LogP contribution in [0.3, 0.4) is 0 Å². The number of anilines is 2. The molecule has 2 aromatic heterocycles. The quantitative estimate of drug-likeness (QED) is 0.672. The molecule has 22 heavy (non-hydrogen) atoms. The van der Waals surface area contributed by atoms with Gasteiger partial charge in [-0.3, -0.25) is 0 Å². The molecule has 0 aliphatic heterocycles. The highest BCUT2D eigenvalue weighted by Crippen LogP contribution is 2.38. The molecule has 3 rings (SSSR count). The number of rotatable bonds is 2. The molecular weight excluding hydrogens is 345 g/mol. The van der Waals surface area contributed by atoms with Crippen LogP contribution in [0.15, 0.2) is 24.3 Å². The van der Waals surface area contributed by atoms with E-state index in [4.69, 9.17) is 40.5 Å². The number of nitrogens with one attached hydrogen (secondary N) is 1. The summed E-state index contributed by atoms with van der Waals surface area (Å²) < 4.78 is 0. The fourth-order valence-electron chi connectivity index (χ4n) is 2.12. The average molecular weight is 355 g/mol. The highest BCUT2D eigenvalue weighted by Gasteiger charge is 2.15. The van der Waals surface area contributed by atoms with Gasteiger partial charge in [0.1, 0.15) is 5.82 Å². The van der Waals surface area contributed by atoms with Crippen molar-refractivity contribution < 1.29 is 0 Å². The van der Waals surface area contributed by atoms with E-state index >= 15 is 0 Å². The van der Waals surface area contributed by atoms with E-state index in [1.807, 2.05) is 6.07 Å². The van der Waals surface area contributed by atoms with Crippen LogP contribution in [0.1, 0.15) is 0 Å². The smallest absolute Gasteiger partial charge is 0.224 e. The standard InChI is InChI=1S/C14H10Cl3N5/c1-19-12-6-2-5-9(20-13(6)22-14(18)21-12)10-7(15)3-4-8(16)11(10)17/h2-5H,1H3,(H3,18,19,20,21,22). The molecule has 2 heterocycles. The number of nitrogens with zero attached hydrogens (tertiary/aromatic N) is 3. The SMILES string of the molecule is CNc1nc(N)nc2nc(-c3c(Cl)ccc(Cl)c3Cl)ccc12. The second-order valence-electron chi connectivity index (χ2n) is 4.47. The Bertz CT molecular complexity index is 882. The van der Waals surface area contributed by atoms with Crippen LogP contribution in [0.25, 0.3) is 22.3 Å². The average Bonchev–Trinajstić information content (AvgIpc) is 2.50. The summed E-state index contributed by atoms with van der Waals surface area (Å²) in [5, 5.41) is 4.91. The molecule has 3 N–H and O–H groups in total. The largest absolute Gasteiger partial charge is 0.372 e. The Kier molecular flexibility index (Phi) is 3.95. The normalized spacial score (nSPS) is 10.9. The van der Waals surface area contributed by atoms with Gasteiger partial charge in [0.15, 0.2) is 5.65 Å². The van der Waals surface area contributed by atoms with E-state index in [1.54, 1.807) is 25.2 Å². The van der Waals surface area contributed by atoms with Gasteiger partial charge in [0.25, 0.3) is 0 Å². The summed E-state index contributed by atoms with van der Waals surface area (Å²) >= 11 is 18.5. The van der Waals surface area contributed by atoms with Crippen molar-refractivity contribution in [2.75, 3.05) is 18.1 Å². The van der Waals surface area contributed by atoms with Crippen molar-refractivity contribution in [2.45, 2.75) is 0 Å². The Morgan fingerprint density at radius 2 is 1.68 bits per heavy atom. The topological polar surface area (TPSA) is 76.7 Å². The van der Waals surface area contributed by atoms with Crippen LogP contribution in [-0.4, -0.2) is 22.0 Å². The van der Waals surface area contributed by atoms with Crippen LogP contribution < -0.4 is 11.1 Å². The number of fused-ring (bicyclic) bond motifs is 1. The molecule has 0 amide bonds. The van der Waals surface area contributed by atoms with E-state index in [0.29, 0.717) is 37.8 Å². The van der Waals surface area contributed by atoms with Crippen LogP contribution >= 0.6 is 34.8 Å². The van der Waals surface area contributed by atoms with E-state index < -0.39 is 0 Å². The Morgan fingerprint density at radius 1 is 0.955 bits per heavy atom. The molecule has 8 heteroatoms. The van der Waals surface area contributed by atoms with Crippen molar-refractivity contribution in [1.29, 1.82) is 0 Å². The van der Waals surface area contributed by atoms with Crippen molar-refractivity contribution in [1.82, 2.24) is 15.0 Å². The molecule has 0 bridgehead atoms. The summed E-state index contributed by atoms with van der Waals surface area (Å²) in [6.45, 7) is 0. The molecule has 1 aromatic carbocycles. The lowest BCUT2D eigenvalue weighted by molar-refractivity contribution is 1.19. The Morgan fingerprint density at radius 3 is 2.41 bits per heavy atom. The summed E-state index contributed by atoms with van der Waals surface area (Å²) in [7, 11) is 1.75. The summed E-state index contributed by atoms with van der Waals surface area (Å²) in [4.78, 5) is 12.7. The van der Waals surface area contributed by atoms with Crippen LogP contribution in [0, 0.1) is 0 Å². The minimum absolute atomic E-state index is 0.129. The molecule has 0 saturated carbocycles. The number of aromatic nitrogens is 3. The molecule has 0 radical (unpaired) electrons. The molecule has 0 atom stereocenters. The number of hydrogen-bond acceptors (Lipinski definition) is 5. The first kappa shape index (κ1) is 15.1. The first-order chi connectivity index (χ1) is 10.5. The lowest BCUT2D eigenvalue weighted by Crippen LogP contribution is -2.02. The summed E-state index contributed by atoms with van der Waals surface area (Å²) in [6.07, 6.45) is 0. The van der Waals surface area contributed by atoms with Gasteiger partial charge < -0.3 is 11.1 Å². The summed E-state index contributed by atoms with van der Waals surface area (Å²) in [5.41, 5.74) is 7.26. The molecule has 5 nitrogen and oxygen atoms in total. The Balaban J connectivity index is 2.28. The fourth-order valence-corrected chi connectivity index (χ4v) is 2.84. The van der Waals surface area contributed by atoms with Crippen LogP contribution in [0.4, 0.5) is 11.8 Å². The van der Waals surface area contributed by atoms with Gasteiger partial charge in [0.2, 0.25) is 5.95 Å². The van der Waals surface area contributed by atoms with Crippen LogP contribution in [0.5, 0.6) is 0 Å². The van der Waals surface area contributed by atoms with Gasteiger partial charge >= 0.3 is 0 Å². The second-order valence-corrected chi connectivity index (χ2v) is 5.66. The van der Waals surface area contributed by atoms with Gasteiger partial charge in [0.05, 0.1) is 26.1 Å². The molecule has 0 spiro atoms. The Hall–Kier alpha value is -1.82. The predicted molar refractivity (Wildman–Crippen MR) is 91.8 cm³/mol. The van der Waals surface area contributed by atoms with E-state index in [2.05, 4.69) is 20.3 Å². The first-order valence-corrected chi connectivity index (χ1v) is 7.40. The van der Waals surface area contributed by atoms with Gasteiger partial charge in [0, 0.05) is 12.6 Å². The molecule has 0 fully saturated rings. The highest BCUT2D eigenvalue weighted by atomic mass is 35.5. The molecular formula is C14H10Cl3N5. The zero-order valence-corrected chi connectivity index (χ0v) is 13.6. The minimum atomic E-state index is 0.129. The van der Waals surface area contributed by atoms with E-state index in [-0.39, 0.29) is 5.95 Å². The van der Waals surface area contributed by atoms with E-state index in [1.165, 1.54) is 0 Å². The van der Waals surface area contributed by atoms with Crippen molar-refractivity contribution in [3.05, 3.63) is 39.3 Å². The van der Waals surface area contributed by atoms with Gasteiger partial charge in [-0.05, 0) is 24.3 Å². The summed E-state index contributed by atoms with van der Waals surface area (Å²) in [6, 6.07) is 6.92. The van der Waals surface area contributed by atoms with Crippen molar-refractivity contribution in [3.8, 4) is 11.3 Å². The third-order valence-electron chi connectivity index (χ3n) is 3.11. The zero-order valence-electron chi connectivity index (χ0n) is 11.4. The Labute approximate surface area is 141 Å². The summed E-state index contributed by atoms with van der Waals surface area (Å²) in [5.74, 6) is 0.731. The van der Waals surface area contributed by atoms with E-state index in [0.717, 1.165) is 5.39 Å². The monoisotopic (exact) mass is 353 g/mol. The fraction of sp³-hybridized carbons (Fsp3) is 0.0714. The second kappa shape index (κ2) is 5.76. The number of pyridine rings is 1. The highest BCUT2D eigenvalue weighted by molar-refractivity contribution is 6.46. The van der Waals surface area contributed by atoms with Gasteiger partial charge in [-0.2, -0.15) is 9.97 Å². The van der Waals surface area contributed by atoms with Crippen molar-refractivity contribution in [3.63, 3.8) is 0 Å². The molecule has 0 aliphatic rings. The molecule has 0 saturated heterocycles. The number of benzene rings is 1. The third-order valence-corrected chi connectivity index (χ3v) is 4.23. The maximum absolute atomic E-state index is 6.25. The maximum atomic E-state index is 6.25. The van der Waals surface area contributed by atoms with E-state index in [9.17, 15) is 0 Å². The van der Waals surface area contributed by atoms with Gasteiger partial charge in [-0.1, -0.05) is 34.8 Å². The van der Waals surface area contributed by atoms with Crippen LogP contribution in [0.2, 0.25) is 15.1 Å². The first-order valence-electron chi connectivity index (χ1n) is 6.27. The maximum Gasteiger partial charge on any atom is 0.224 e. The zero-order chi connectivity index (χ0) is 15.9. The number of nitrogen functional groups attached to an aromatic ring is 1. The predicted octanol–water partition coefficient (Wildman–Crippen LogP) is 4.28. The molecule has 0 unspecified atom stereocenters. The molecule has 3 aromatic rings. The van der Waals surface area contributed by atoms with Gasteiger partial charge in [-0.25, -0.2) is 4.98 Å². The van der Waals surface area contributed by atoms with Crippen molar-refractivity contribution >= 4 is 57.6 Å². The lowest BCUT2D eigenvalue weighted by Gasteiger charge is -2.10. The number of hydrogen-bond donors (Lipinski definition) is 2. The van der Waals surface area contributed by atoms with Gasteiger partial charge in [-0.15, -0.1) is 0 Å². The van der Waals surface area contributed by atoms with Crippen molar-refractivity contribution in [2.24, 2.45) is 0 Å².